The van der Waals surface area contributed by atoms with Gasteiger partial charge in [0, 0.05) is 31.3 Å². The van der Waals surface area contributed by atoms with E-state index < -0.39 is 11.7 Å². The minimum Gasteiger partial charge on any atom is -0.468 e. The van der Waals surface area contributed by atoms with Crippen molar-refractivity contribution in [2.75, 3.05) is 19.7 Å². The van der Waals surface area contributed by atoms with Crippen LogP contribution in [0.1, 0.15) is 35.7 Å². The summed E-state index contributed by atoms with van der Waals surface area (Å²) in [4.78, 5) is 22.4. The van der Waals surface area contributed by atoms with E-state index in [1.54, 1.807) is 29.3 Å². The van der Waals surface area contributed by atoms with Crippen molar-refractivity contribution in [3.8, 4) is 5.88 Å². The van der Waals surface area contributed by atoms with Gasteiger partial charge in [0.1, 0.15) is 0 Å². The number of aromatic nitrogens is 3. The number of halogens is 3. The third-order valence-corrected chi connectivity index (χ3v) is 5.12. The van der Waals surface area contributed by atoms with Gasteiger partial charge in [-0.1, -0.05) is 11.2 Å². The molecule has 1 aliphatic heterocycles. The number of carbonyl (C=O) groups excluding carboxylic acids is 1. The molecule has 1 aliphatic rings. The number of hydrogen-bond acceptors (Lipinski definition) is 6. The molecule has 7 nitrogen and oxygen atoms in total. The first-order chi connectivity index (χ1) is 14.3. The fourth-order valence-electron chi connectivity index (χ4n) is 3.65. The second-order valence-electron chi connectivity index (χ2n) is 7.18. The number of rotatable bonds is 4. The summed E-state index contributed by atoms with van der Waals surface area (Å²) in [6.07, 6.45) is -1.74. The van der Waals surface area contributed by atoms with E-state index in [1.807, 2.05) is 0 Å². The molecule has 158 valence electrons. The fraction of sp³-hybridized carbons (Fsp3) is 0.400. The molecule has 1 atom stereocenters. The normalized spacial score (nSPS) is 17.3. The van der Waals surface area contributed by atoms with Crippen molar-refractivity contribution >= 4 is 17.0 Å². The first kappa shape index (κ1) is 20.1. The maximum absolute atomic E-state index is 13.6. The smallest absolute Gasteiger partial charge is 0.417 e. The van der Waals surface area contributed by atoms with Gasteiger partial charge in [0.05, 0.1) is 22.3 Å². The van der Waals surface area contributed by atoms with E-state index in [0.29, 0.717) is 25.3 Å². The van der Waals surface area contributed by atoms with Gasteiger partial charge < -0.3 is 14.2 Å². The summed E-state index contributed by atoms with van der Waals surface area (Å²) < 4.78 is 51.2. The molecule has 1 amide bonds. The molecule has 0 saturated carbocycles. The largest absolute Gasteiger partial charge is 0.468 e. The van der Waals surface area contributed by atoms with E-state index in [9.17, 15) is 18.0 Å². The number of aryl methyl sites for hydroxylation is 1. The van der Waals surface area contributed by atoms with Crippen LogP contribution < -0.4 is 4.74 Å². The highest BCUT2D eigenvalue weighted by Gasteiger charge is 2.37. The van der Waals surface area contributed by atoms with Crippen molar-refractivity contribution in [3.05, 3.63) is 47.4 Å². The quantitative estimate of drug-likeness (QED) is 0.640. The second kappa shape index (κ2) is 7.92. The molecule has 0 spiro atoms. The lowest BCUT2D eigenvalue weighted by molar-refractivity contribution is -0.137. The molecule has 1 unspecified atom stereocenters. The van der Waals surface area contributed by atoms with Crippen molar-refractivity contribution in [1.29, 1.82) is 0 Å². The molecule has 3 aromatic heterocycles. The molecule has 1 fully saturated rings. The number of fused-ring (bicyclic) bond motifs is 1. The van der Waals surface area contributed by atoms with E-state index in [0.717, 1.165) is 6.07 Å². The van der Waals surface area contributed by atoms with Gasteiger partial charge in [-0.25, -0.2) is 9.97 Å². The average Bonchev–Trinajstić information content (AvgIpc) is 3.12. The van der Waals surface area contributed by atoms with Crippen molar-refractivity contribution in [3.63, 3.8) is 0 Å². The van der Waals surface area contributed by atoms with Crippen molar-refractivity contribution in [2.45, 2.75) is 31.9 Å². The lowest BCUT2D eigenvalue weighted by Crippen LogP contribution is -2.41. The maximum atomic E-state index is 13.6. The van der Waals surface area contributed by atoms with Crippen LogP contribution in [0.3, 0.4) is 0 Å². The standard InChI is InChI=1S/C20H19F3N4O3/c1-12-18-14(20(21,22)23)9-15(25-19(18)30-26-12)13-5-4-8-27(10-13)17(28)11-29-16-6-2-3-7-24-16/h2-3,6-7,9,13H,4-5,8,10-11H2,1H3. The number of piperidine rings is 1. The Morgan fingerprint density at radius 3 is 2.93 bits per heavy atom. The van der Waals surface area contributed by atoms with E-state index in [-0.39, 0.29) is 47.5 Å². The first-order valence-electron chi connectivity index (χ1n) is 9.48. The Kier molecular flexibility index (Phi) is 5.31. The van der Waals surface area contributed by atoms with Gasteiger partial charge >= 0.3 is 6.18 Å². The molecule has 0 N–H and O–H groups in total. The molecule has 4 rings (SSSR count). The molecule has 4 heterocycles. The molecule has 10 heteroatoms. The van der Waals surface area contributed by atoms with Crippen molar-refractivity contribution in [1.82, 2.24) is 20.0 Å². The molecule has 0 aliphatic carbocycles. The Morgan fingerprint density at radius 2 is 2.20 bits per heavy atom. The molecule has 3 aromatic rings. The highest BCUT2D eigenvalue weighted by Crippen LogP contribution is 2.38. The van der Waals surface area contributed by atoms with E-state index in [4.69, 9.17) is 9.26 Å². The molecular weight excluding hydrogens is 401 g/mol. The lowest BCUT2D eigenvalue weighted by Gasteiger charge is -2.32. The summed E-state index contributed by atoms with van der Waals surface area (Å²) in [6.45, 7) is 2.03. The van der Waals surface area contributed by atoms with Gasteiger partial charge in [0.2, 0.25) is 5.88 Å². The third kappa shape index (κ3) is 4.07. The number of nitrogens with zero attached hydrogens (tertiary/aromatic N) is 4. The highest BCUT2D eigenvalue weighted by atomic mass is 19.4. The zero-order valence-corrected chi connectivity index (χ0v) is 16.1. The number of carbonyl (C=O) groups is 1. The van der Waals surface area contributed by atoms with Crippen molar-refractivity contribution in [2.24, 2.45) is 0 Å². The van der Waals surface area contributed by atoms with Crippen LogP contribution in [0.2, 0.25) is 0 Å². The van der Waals surface area contributed by atoms with Crippen LogP contribution in [-0.2, 0) is 11.0 Å². The number of pyridine rings is 2. The van der Waals surface area contributed by atoms with Gasteiger partial charge in [0.15, 0.2) is 6.61 Å². The molecule has 1 saturated heterocycles. The number of hydrogen-bond donors (Lipinski definition) is 0. The maximum Gasteiger partial charge on any atom is 0.417 e. The molecule has 0 radical (unpaired) electrons. The van der Waals surface area contributed by atoms with Crippen LogP contribution >= 0.6 is 0 Å². The predicted octanol–water partition coefficient (Wildman–Crippen LogP) is 3.73. The average molecular weight is 420 g/mol. The predicted molar refractivity (Wildman–Crippen MR) is 99.8 cm³/mol. The van der Waals surface area contributed by atoms with Gasteiger partial charge in [-0.05, 0) is 31.9 Å². The Balaban J connectivity index is 1.53. The number of likely N-dealkylation sites (tertiary alicyclic amines) is 1. The second-order valence-corrected chi connectivity index (χ2v) is 7.18. The third-order valence-electron chi connectivity index (χ3n) is 5.12. The topological polar surface area (TPSA) is 81.4 Å². The Hall–Kier alpha value is -3.17. The Labute approximate surface area is 169 Å². The highest BCUT2D eigenvalue weighted by molar-refractivity contribution is 5.81. The molecule has 0 bridgehead atoms. The Bertz CT molecular complexity index is 1050. The molecule has 30 heavy (non-hydrogen) atoms. The van der Waals surface area contributed by atoms with E-state index in [1.165, 1.54) is 6.92 Å². The van der Waals surface area contributed by atoms with Gasteiger partial charge in [0.25, 0.3) is 11.6 Å². The van der Waals surface area contributed by atoms with Gasteiger partial charge in [-0.2, -0.15) is 13.2 Å². The number of alkyl halides is 3. The van der Waals surface area contributed by atoms with Crippen LogP contribution in [0.5, 0.6) is 5.88 Å². The van der Waals surface area contributed by atoms with Crippen LogP contribution in [0, 0.1) is 6.92 Å². The number of amides is 1. The number of ether oxygens (including phenoxy) is 1. The van der Waals surface area contributed by atoms with Crippen LogP contribution in [0.15, 0.2) is 35.0 Å². The summed E-state index contributed by atoms with van der Waals surface area (Å²) >= 11 is 0. The lowest BCUT2D eigenvalue weighted by atomic mass is 9.92. The zero-order valence-electron chi connectivity index (χ0n) is 16.1. The van der Waals surface area contributed by atoms with Gasteiger partial charge in [-0.3, -0.25) is 4.79 Å². The van der Waals surface area contributed by atoms with E-state index >= 15 is 0 Å². The molecular formula is C20H19F3N4O3. The zero-order chi connectivity index (χ0) is 21.3. The monoisotopic (exact) mass is 420 g/mol. The Morgan fingerprint density at radius 1 is 1.37 bits per heavy atom. The van der Waals surface area contributed by atoms with Crippen molar-refractivity contribution < 1.29 is 27.2 Å². The summed E-state index contributed by atoms with van der Waals surface area (Å²) in [7, 11) is 0. The van der Waals surface area contributed by atoms with Crippen LogP contribution in [-0.4, -0.2) is 45.6 Å². The summed E-state index contributed by atoms with van der Waals surface area (Å²) in [6, 6.07) is 6.17. The fourth-order valence-corrected chi connectivity index (χ4v) is 3.65. The van der Waals surface area contributed by atoms with E-state index in [2.05, 4.69) is 15.1 Å². The van der Waals surface area contributed by atoms with Crippen LogP contribution in [0.25, 0.3) is 11.1 Å². The summed E-state index contributed by atoms with van der Waals surface area (Å²) in [5.41, 5.74) is -0.569. The summed E-state index contributed by atoms with van der Waals surface area (Å²) in [5, 5.41) is 3.50. The van der Waals surface area contributed by atoms with Crippen LogP contribution in [0.4, 0.5) is 13.2 Å². The summed E-state index contributed by atoms with van der Waals surface area (Å²) in [5.74, 6) is -0.256. The minimum atomic E-state index is -4.56. The first-order valence-corrected chi connectivity index (χ1v) is 9.48. The minimum absolute atomic E-state index is 0.126. The SMILES string of the molecule is Cc1noc2nc(C3CCCN(C(=O)COc4ccccn4)C3)cc(C(F)(F)F)c12. The van der Waals surface area contributed by atoms with Gasteiger partial charge in [-0.15, -0.1) is 0 Å². The molecule has 0 aromatic carbocycles.